The van der Waals surface area contributed by atoms with Crippen LogP contribution in [0.15, 0.2) is 36.4 Å². The molecule has 0 bridgehead atoms. The molecule has 3 atom stereocenters. The van der Waals surface area contributed by atoms with Gasteiger partial charge >= 0.3 is 5.97 Å². The Kier molecular flexibility index (Phi) is 6.70. The van der Waals surface area contributed by atoms with E-state index in [0.717, 1.165) is 11.1 Å². The number of carboxylic acids is 1. The predicted molar refractivity (Wildman–Crippen MR) is 89.5 cm³/mol. The van der Waals surface area contributed by atoms with Crippen molar-refractivity contribution in [2.24, 2.45) is 5.92 Å². The number of aliphatic hydroxyl groups excluding tert-OH is 2. The first-order valence-corrected chi connectivity index (χ1v) is 8.30. The molecular weight excluding hydrogens is 308 g/mol. The summed E-state index contributed by atoms with van der Waals surface area (Å²) in [6, 6.07) is 7.34. The largest absolute Gasteiger partial charge is 0.481 e. The second-order valence-electron chi connectivity index (χ2n) is 6.26. The summed E-state index contributed by atoms with van der Waals surface area (Å²) >= 11 is 0. The summed E-state index contributed by atoms with van der Waals surface area (Å²) < 4.78 is 0. The summed E-state index contributed by atoms with van der Waals surface area (Å²) in [4.78, 5) is 22.6. The van der Waals surface area contributed by atoms with E-state index >= 15 is 0 Å². The van der Waals surface area contributed by atoms with E-state index in [2.05, 4.69) is 0 Å². The van der Waals surface area contributed by atoms with Gasteiger partial charge in [0.15, 0.2) is 0 Å². The molecule has 0 amide bonds. The predicted octanol–water partition coefficient (Wildman–Crippen LogP) is 2.41. The maximum atomic E-state index is 12.2. The van der Waals surface area contributed by atoms with Crippen LogP contribution >= 0.6 is 0 Å². The van der Waals surface area contributed by atoms with Gasteiger partial charge in [0.05, 0.1) is 12.7 Å². The molecule has 2 unspecified atom stereocenters. The van der Waals surface area contributed by atoms with Gasteiger partial charge in [0, 0.05) is 24.7 Å². The van der Waals surface area contributed by atoms with Crippen LogP contribution in [-0.4, -0.2) is 33.2 Å². The maximum absolute atomic E-state index is 12.2. The third-order valence-corrected chi connectivity index (χ3v) is 4.54. The lowest BCUT2D eigenvalue weighted by molar-refractivity contribution is -0.137. The Morgan fingerprint density at radius 2 is 1.92 bits per heavy atom. The van der Waals surface area contributed by atoms with E-state index in [9.17, 15) is 14.7 Å². The van der Waals surface area contributed by atoms with Crippen LogP contribution in [0.1, 0.15) is 49.1 Å². The van der Waals surface area contributed by atoms with Crippen molar-refractivity contribution in [2.45, 2.75) is 50.7 Å². The van der Waals surface area contributed by atoms with E-state index in [1.807, 2.05) is 36.4 Å². The Morgan fingerprint density at radius 3 is 2.54 bits per heavy atom. The molecule has 1 aromatic rings. The van der Waals surface area contributed by atoms with Gasteiger partial charge in [-0.15, -0.1) is 0 Å². The van der Waals surface area contributed by atoms with Crippen molar-refractivity contribution in [3.63, 3.8) is 0 Å². The lowest BCUT2D eigenvalue weighted by Crippen LogP contribution is -2.18. The fourth-order valence-electron chi connectivity index (χ4n) is 3.26. The maximum Gasteiger partial charge on any atom is 0.303 e. The summed E-state index contributed by atoms with van der Waals surface area (Å²) in [5.41, 5.74) is 1.71. The summed E-state index contributed by atoms with van der Waals surface area (Å²) in [6.07, 6.45) is 5.27. The molecule has 0 aromatic heterocycles. The highest BCUT2D eigenvalue weighted by Gasteiger charge is 2.41. The molecule has 0 radical (unpaired) electrons. The van der Waals surface area contributed by atoms with E-state index in [1.165, 1.54) is 0 Å². The first-order chi connectivity index (χ1) is 11.5. The van der Waals surface area contributed by atoms with Crippen molar-refractivity contribution in [2.75, 3.05) is 0 Å². The van der Waals surface area contributed by atoms with Crippen LogP contribution in [0.4, 0.5) is 0 Å². The lowest BCUT2D eigenvalue weighted by Gasteiger charge is -2.20. The summed E-state index contributed by atoms with van der Waals surface area (Å²) in [6.45, 7) is -0.0328. The monoisotopic (exact) mass is 332 g/mol. The van der Waals surface area contributed by atoms with Crippen molar-refractivity contribution in [3.05, 3.63) is 47.5 Å². The average Bonchev–Trinajstić information content (AvgIpc) is 2.84. The van der Waals surface area contributed by atoms with Gasteiger partial charge in [-0.2, -0.15) is 0 Å². The number of Topliss-reactive ketones (excluding diaryl/α,β-unsaturated/α-hetero) is 1. The Hall–Kier alpha value is -1.98. The highest BCUT2D eigenvalue weighted by Crippen LogP contribution is 2.39. The normalized spacial score (nSPS) is 23.9. The lowest BCUT2D eigenvalue weighted by atomic mass is 9.85. The second kappa shape index (κ2) is 8.76. The van der Waals surface area contributed by atoms with E-state index in [1.54, 1.807) is 0 Å². The molecule has 5 heteroatoms. The molecule has 24 heavy (non-hydrogen) atoms. The minimum atomic E-state index is -0.802. The van der Waals surface area contributed by atoms with Crippen molar-refractivity contribution < 1.29 is 24.9 Å². The molecule has 1 aliphatic rings. The first kappa shape index (κ1) is 18.4. The number of carbonyl (C=O) groups excluding carboxylic acids is 1. The van der Waals surface area contributed by atoms with Gasteiger partial charge in [0.25, 0.3) is 0 Å². The number of unbranched alkanes of at least 4 members (excludes halogenated alkanes) is 1. The van der Waals surface area contributed by atoms with Gasteiger partial charge in [-0.05, 0) is 30.4 Å². The molecule has 0 saturated heterocycles. The number of rotatable bonds is 8. The van der Waals surface area contributed by atoms with Crippen molar-refractivity contribution >= 4 is 11.8 Å². The number of aliphatic hydroxyl groups is 2. The van der Waals surface area contributed by atoms with E-state index < -0.39 is 12.1 Å². The van der Waals surface area contributed by atoms with Gasteiger partial charge in [0.1, 0.15) is 5.78 Å². The van der Waals surface area contributed by atoms with Gasteiger partial charge in [-0.25, -0.2) is 0 Å². The van der Waals surface area contributed by atoms with Crippen LogP contribution in [0.25, 0.3) is 0 Å². The third kappa shape index (κ3) is 4.76. The number of benzene rings is 1. The number of allylic oxidation sites excluding steroid dienone is 2. The van der Waals surface area contributed by atoms with Crippen LogP contribution in [-0.2, 0) is 16.2 Å². The molecule has 2 rings (SSSR count). The minimum absolute atomic E-state index is 0.0328. The second-order valence-corrected chi connectivity index (χ2v) is 6.26. The Labute approximate surface area is 141 Å². The quantitative estimate of drug-likeness (QED) is 0.502. The van der Waals surface area contributed by atoms with Crippen LogP contribution in [0, 0.1) is 5.92 Å². The number of carbonyl (C=O) groups is 2. The van der Waals surface area contributed by atoms with Gasteiger partial charge in [-0.1, -0.05) is 36.4 Å². The number of hydrogen-bond donors (Lipinski definition) is 3. The molecule has 1 fully saturated rings. The zero-order valence-corrected chi connectivity index (χ0v) is 13.6. The van der Waals surface area contributed by atoms with Crippen LogP contribution < -0.4 is 0 Å². The van der Waals surface area contributed by atoms with Crippen LogP contribution in [0.5, 0.6) is 0 Å². The van der Waals surface area contributed by atoms with E-state index in [0.29, 0.717) is 19.3 Å². The number of aliphatic carboxylic acids is 1. The highest BCUT2D eigenvalue weighted by atomic mass is 16.4. The van der Waals surface area contributed by atoms with Gasteiger partial charge in [-0.3, -0.25) is 9.59 Å². The molecule has 0 spiro atoms. The molecule has 3 N–H and O–H groups in total. The standard InChI is InChI=1S/C19H24O5/c20-12-13-7-9-14(10-8-13)19-15(16(21)11-17(19)22)5-3-1-2-4-6-18(23)24/h1,3,7-10,15,17,19-20,22H,2,4-6,11-12H2,(H,23,24)/b3-1-/t15-,17?,19?/m0/s1. The van der Waals surface area contributed by atoms with Crippen molar-refractivity contribution in [3.8, 4) is 0 Å². The molecule has 0 aliphatic heterocycles. The zero-order valence-electron chi connectivity index (χ0n) is 13.6. The molecule has 5 nitrogen and oxygen atoms in total. The fourth-order valence-corrected chi connectivity index (χ4v) is 3.26. The summed E-state index contributed by atoms with van der Waals surface area (Å²) in [5, 5.41) is 28.0. The molecule has 130 valence electrons. The molecule has 1 aromatic carbocycles. The number of carboxylic acid groups (broad SMARTS) is 1. The Balaban J connectivity index is 1.98. The zero-order chi connectivity index (χ0) is 17.5. The number of ketones is 1. The topological polar surface area (TPSA) is 94.8 Å². The first-order valence-electron chi connectivity index (χ1n) is 8.30. The smallest absolute Gasteiger partial charge is 0.303 e. The van der Waals surface area contributed by atoms with E-state index in [4.69, 9.17) is 10.2 Å². The summed E-state index contributed by atoms with van der Waals surface area (Å²) in [7, 11) is 0. The molecule has 1 aliphatic carbocycles. The minimum Gasteiger partial charge on any atom is -0.481 e. The summed E-state index contributed by atoms with van der Waals surface area (Å²) in [5.74, 6) is -1.22. The Morgan fingerprint density at radius 1 is 1.21 bits per heavy atom. The fraction of sp³-hybridized carbons (Fsp3) is 0.474. The molecule has 0 heterocycles. The SMILES string of the molecule is O=C(O)CCC/C=C\C[C@H]1C(=O)CC(O)C1c1ccc(CO)cc1. The average molecular weight is 332 g/mol. The molecule has 1 saturated carbocycles. The highest BCUT2D eigenvalue weighted by molar-refractivity contribution is 5.85. The van der Waals surface area contributed by atoms with Crippen molar-refractivity contribution in [1.29, 1.82) is 0 Å². The number of hydrogen-bond acceptors (Lipinski definition) is 4. The van der Waals surface area contributed by atoms with Crippen molar-refractivity contribution in [1.82, 2.24) is 0 Å². The van der Waals surface area contributed by atoms with Gasteiger partial charge in [0.2, 0.25) is 0 Å². The van der Waals surface area contributed by atoms with Crippen LogP contribution in [0.2, 0.25) is 0 Å². The third-order valence-electron chi connectivity index (χ3n) is 4.54. The van der Waals surface area contributed by atoms with E-state index in [-0.39, 0.29) is 37.1 Å². The van der Waals surface area contributed by atoms with Gasteiger partial charge < -0.3 is 15.3 Å². The molecular formula is C19H24O5. The van der Waals surface area contributed by atoms with Crippen LogP contribution in [0.3, 0.4) is 0 Å². The Bertz CT molecular complexity index is 590.